The molecule has 2 aromatic rings. The van der Waals surface area contributed by atoms with E-state index in [9.17, 15) is 4.79 Å². The first-order chi connectivity index (χ1) is 9.25. The van der Waals surface area contributed by atoms with Crippen molar-refractivity contribution in [1.82, 2.24) is 0 Å². The summed E-state index contributed by atoms with van der Waals surface area (Å²) in [5.74, 6) is -0.0326. The summed E-state index contributed by atoms with van der Waals surface area (Å²) in [6, 6.07) is 18.0. The molecule has 1 heterocycles. The van der Waals surface area contributed by atoms with Crippen LogP contribution < -0.4 is 5.32 Å². The molecule has 0 bridgehead atoms. The summed E-state index contributed by atoms with van der Waals surface area (Å²) >= 11 is 1.76. The van der Waals surface area contributed by atoms with Crippen molar-refractivity contribution in [2.24, 2.45) is 0 Å². The lowest BCUT2D eigenvalue weighted by atomic mass is 9.95. The number of fused-ring (bicyclic) bond motifs is 1. The van der Waals surface area contributed by atoms with Crippen molar-refractivity contribution in [3.63, 3.8) is 0 Å². The predicted octanol–water partition coefficient (Wildman–Crippen LogP) is 3.90. The third-order valence-electron chi connectivity index (χ3n) is 3.37. The number of hydrogen-bond donors (Lipinski definition) is 1. The zero-order valence-corrected chi connectivity index (χ0v) is 11.5. The van der Waals surface area contributed by atoms with Gasteiger partial charge in [-0.15, -0.1) is 11.8 Å². The fourth-order valence-electron chi connectivity index (χ4n) is 2.45. The van der Waals surface area contributed by atoms with Gasteiger partial charge in [0.1, 0.15) is 0 Å². The largest absolute Gasteiger partial charge is 0.325 e. The molecule has 2 aromatic carbocycles. The predicted molar refractivity (Wildman–Crippen MR) is 79.6 cm³/mol. The van der Waals surface area contributed by atoms with Crippen LogP contribution in [0.25, 0.3) is 0 Å². The van der Waals surface area contributed by atoms with E-state index in [1.54, 1.807) is 11.8 Å². The van der Waals surface area contributed by atoms with Gasteiger partial charge in [0.25, 0.3) is 0 Å². The molecule has 19 heavy (non-hydrogen) atoms. The van der Waals surface area contributed by atoms with E-state index in [4.69, 9.17) is 0 Å². The Hall–Kier alpha value is -1.74. The van der Waals surface area contributed by atoms with Gasteiger partial charge >= 0.3 is 0 Å². The molecule has 1 aliphatic heterocycles. The molecule has 0 fully saturated rings. The summed E-state index contributed by atoms with van der Waals surface area (Å²) < 4.78 is 0. The smallest absolute Gasteiger partial charge is 0.233 e. The Balaban J connectivity index is 1.99. The third-order valence-corrected chi connectivity index (χ3v) is 4.62. The standard InChI is InChI=1S/C16H15NOS/c1-11-15(12-7-3-2-4-8-12)16(18)17-13-9-5-6-10-14(13)19-11/h2-11,15H,1H3,(H,17,18)/t11-,15+/m0/s1. The number of rotatable bonds is 1. The molecule has 3 heteroatoms. The highest BCUT2D eigenvalue weighted by Crippen LogP contribution is 2.40. The fraction of sp³-hybridized carbons (Fsp3) is 0.188. The van der Waals surface area contributed by atoms with Gasteiger partial charge in [0.15, 0.2) is 0 Å². The molecule has 0 spiro atoms. The van der Waals surface area contributed by atoms with Crippen LogP contribution in [0.15, 0.2) is 59.5 Å². The molecule has 0 saturated heterocycles. The van der Waals surface area contributed by atoms with Gasteiger partial charge in [0.05, 0.1) is 11.6 Å². The van der Waals surface area contributed by atoms with Crippen molar-refractivity contribution in [3.8, 4) is 0 Å². The van der Waals surface area contributed by atoms with E-state index in [0.717, 1.165) is 16.1 Å². The summed E-state index contributed by atoms with van der Waals surface area (Å²) in [5, 5.41) is 3.26. The second kappa shape index (κ2) is 5.10. The lowest BCUT2D eigenvalue weighted by Gasteiger charge is -2.19. The number of carbonyl (C=O) groups excluding carboxylic acids is 1. The number of benzene rings is 2. The van der Waals surface area contributed by atoms with Gasteiger partial charge < -0.3 is 5.32 Å². The van der Waals surface area contributed by atoms with Crippen molar-refractivity contribution in [2.75, 3.05) is 5.32 Å². The van der Waals surface area contributed by atoms with Gasteiger partial charge in [0.2, 0.25) is 5.91 Å². The second-order valence-electron chi connectivity index (χ2n) is 4.70. The summed E-state index contributed by atoms with van der Waals surface area (Å²) in [6.07, 6.45) is 0. The highest BCUT2D eigenvalue weighted by molar-refractivity contribution is 8.00. The molecule has 1 N–H and O–H groups in total. The quantitative estimate of drug-likeness (QED) is 0.850. The molecule has 96 valence electrons. The minimum atomic E-state index is -0.112. The molecule has 0 aromatic heterocycles. The van der Waals surface area contributed by atoms with Crippen LogP contribution in [0.5, 0.6) is 0 Å². The highest BCUT2D eigenvalue weighted by atomic mass is 32.2. The molecule has 0 radical (unpaired) electrons. The van der Waals surface area contributed by atoms with Crippen LogP contribution in [-0.2, 0) is 4.79 Å². The van der Waals surface area contributed by atoms with Crippen molar-refractivity contribution in [3.05, 3.63) is 60.2 Å². The third kappa shape index (κ3) is 2.38. The van der Waals surface area contributed by atoms with Gasteiger partial charge in [-0.05, 0) is 17.7 Å². The Labute approximate surface area is 117 Å². The Morgan fingerprint density at radius 1 is 1.00 bits per heavy atom. The van der Waals surface area contributed by atoms with Crippen LogP contribution in [0.4, 0.5) is 5.69 Å². The highest BCUT2D eigenvalue weighted by Gasteiger charge is 2.31. The van der Waals surface area contributed by atoms with Crippen LogP contribution in [0, 0.1) is 0 Å². The number of anilines is 1. The minimum absolute atomic E-state index is 0.0798. The number of thioether (sulfide) groups is 1. The molecule has 0 saturated carbocycles. The fourth-order valence-corrected chi connectivity index (χ4v) is 3.67. The maximum absolute atomic E-state index is 12.5. The number of nitrogens with one attached hydrogen (secondary N) is 1. The van der Waals surface area contributed by atoms with Crippen LogP contribution in [0.2, 0.25) is 0 Å². The lowest BCUT2D eigenvalue weighted by molar-refractivity contribution is -0.117. The lowest BCUT2D eigenvalue weighted by Crippen LogP contribution is -2.25. The van der Waals surface area contributed by atoms with Gasteiger partial charge in [-0.25, -0.2) is 0 Å². The van der Waals surface area contributed by atoms with Gasteiger partial charge in [-0.3, -0.25) is 4.79 Å². The average molecular weight is 269 g/mol. The van der Waals surface area contributed by atoms with Gasteiger partial charge in [-0.1, -0.05) is 49.4 Å². The maximum Gasteiger partial charge on any atom is 0.233 e. The van der Waals surface area contributed by atoms with E-state index >= 15 is 0 Å². The van der Waals surface area contributed by atoms with Crippen LogP contribution >= 0.6 is 11.8 Å². The molecule has 3 rings (SSSR count). The van der Waals surface area contributed by atoms with Gasteiger partial charge in [-0.2, -0.15) is 0 Å². The summed E-state index contributed by atoms with van der Waals surface area (Å²) in [6.45, 7) is 2.12. The Kier molecular flexibility index (Phi) is 3.30. The van der Waals surface area contributed by atoms with E-state index in [1.807, 2.05) is 48.5 Å². The molecular weight excluding hydrogens is 254 g/mol. The van der Waals surface area contributed by atoms with Gasteiger partial charge in [0, 0.05) is 10.1 Å². The van der Waals surface area contributed by atoms with Crippen LogP contribution in [-0.4, -0.2) is 11.2 Å². The Morgan fingerprint density at radius 2 is 1.68 bits per heavy atom. The van der Waals surface area contributed by atoms with E-state index < -0.39 is 0 Å². The maximum atomic E-state index is 12.5. The van der Waals surface area contributed by atoms with Crippen molar-refractivity contribution in [2.45, 2.75) is 23.0 Å². The monoisotopic (exact) mass is 269 g/mol. The number of para-hydroxylation sites is 1. The minimum Gasteiger partial charge on any atom is -0.325 e. The first-order valence-corrected chi connectivity index (χ1v) is 7.25. The Morgan fingerprint density at radius 3 is 2.47 bits per heavy atom. The summed E-state index contributed by atoms with van der Waals surface area (Å²) in [7, 11) is 0. The van der Waals surface area contributed by atoms with E-state index in [2.05, 4.69) is 18.3 Å². The molecule has 0 unspecified atom stereocenters. The molecule has 1 aliphatic rings. The van der Waals surface area contributed by atoms with Crippen molar-refractivity contribution >= 4 is 23.4 Å². The number of amides is 1. The van der Waals surface area contributed by atoms with Crippen LogP contribution in [0.3, 0.4) is 0 Å². The zero-order valence-electron chi connectivity index (χ0n) is 10.7. The number of hydrogen-bond acceptors (Lipinski definition) is 2. The summed E-state index contributed by atoms with van der Waals surface area (Å²) in [4.78, 5) is 13.6. The molecule has 1 amide bonds. The first kappa shape index (κ1) is 12.3. The topological polar surface area (TPSA) is 29.1 Å². The molecular formula is C16H15NOS. The van der Waals surface area contributed by atoms with E-state index in [-0.39, 0.29) is 17.1 Å². The van der Waals surface area contributed by atoms with Crippen molar-refractivity contribution in [1.29, 1.82) is 0 Å². The normalized spacial score (nSPS) is 22.3. The SMILES string of the molecule is C[C@@H]1Sc2ccccc2NC(=O)[C@H]1c1ccccc1. The zero-order chi connectivity index (χ0) is 13.2. The molecule has 0 aliphatic carbocycles. The van der Waals surface area contributed by atoms with Crippen LogP contribution in [0.1, 0.15) is 18.4 Å². The van der Waals surface area contributed by atoms with Crippen molar-refractivity contribution < 1.29 is 4.79 Å². The first-order valence-electron chi connectivity index (χ1n) is 6.37. The Bertz CT molecular complexity index is 597. The van der Waals surface area contributed by atoms with E-state index in [0.29, 0.717) is 0 Å². The molecule has 2 nitrogen and oxygen atoms in total. The second-order valence-corrected chi connectivity index (χ2v) is 6.12. The van der Waals surface area contributed by atoms with E-state index in [1.165, 1.54) is 0 Å². The average Bonchev–Trinajstić information content (AvgIpc) is 2.54. The summed E-state index contributed by atoms with van der Waals surface area (Å²) in [5.41, 5.74) is 2.00. The number of carbonyl (C=O) groups is 1. The molecule has 2 atom stereocenters.